The van der Waals surface area contributed by atoms with Gasteiger partial charge in [0.2, 0.25) is 0 Å². The molecule has 0 spiro atoms. The third-order valence-corrected chi connectivity index (χ3v) is 7.37. The third kappa shape index (κ3) is 2.67. The number of hydrogen-bond acceptors (Lipinski definition) is 5. The first kappa shape index (κ1) is 21.2. The summed E-state index contributed by atoms with van der Waals surface area (Å²) in [6.45, 7) is 0.486. The van der Waals surface area contributed by atoms with Crippen molar-refractivity contribution in [1.29, 1.82) is 0 Å². The number of phenols is 1. The van der Waals surface area contributed by atoms with Crippen LogP contribution in [0.1, 0.15) is 43.3 Å². The molecule has 0 bridgehead atoms. The highest BCUT2D eigenvalue weighted by Gasteiger charge is 2.58. The zero-order chi connectivity index (χ0) is 23.8. The van der Waals surface area contributed by atoms with Gasteiger partial charge in [-0.05, 0) is 18.2 Å². The van der Waals surface area contributed by atoms with Crippen LogP contribution in [-0.2, 0) is 5.72 Å². The van der Waals surface area contributed by atoms with Gasteiger partial charge in [-0.25, -0.2) is 0 Å². The van der Waals surface area contributed by atoms with Crippen LogP contribution in [0.3, 0.4) is 0 Å². The molecule has 3 aromatic rings. The molecule has 0 radical (unpaired) electrons. The number of nitrogens with one attached hydrogen (secondary N) is 1. The highest BCUT2D eigenvalue weighted by atomic mass is 35.5. The van der Waals surface area contributed by atoms with Crippen molar-refractivity contribution < 1.29 is 19.8 Å². The Hall–Kier alpha value is -3.32. The first-order valence-corrected chi connectivity index (χ1v) is 11.5. The van der Waals surface area contributed by atoms with Gasteiger partial charge in [-0.15, -0.1) is 0 Å². The zero-order valence-corrected chi connectivity index (χ0v) is 19.2. The molecule has 2 aliphatic heterocycles. The van der Waals surface area contributed by atoms with Gasteiger partial charge >= 0.3 is 0 Å². The number of aliphatic hydroxyl groups is 1. The summed E-state index contributed by atoms with van der Waals surface area (Å²) in [4.78, 5) is 28.6. The lowest BCUT2D eigenvalue weighted by atomic mass is 9.76. The van der Waals surface area contributed by atoms with Crippen molar-refractivity contribution in [3.63, 3.8) is 0 Å². The lowest BCUT2D eigenvalue weighted by Gasteiger charge is -2.43. The van der Waals surface area contributed by atoms with E-state index >= 15 is 0 Å². The summed E-state index contributed by atoms with van der Waals surface area (Å²) < 4.78 is 0. The molecule has 2 heterocycles. The van der Waals surface area contributed by atoms with Crippen LogP contribution in [0.15, 0.2) is 66.2 Å². The predicted octanol–water partition coefficient (Wildman–Crippen LogP) is 4.29. The van der Waals surface area contributed by atoms with Crippen LogP contribution in [0, 0.1) is 0 Å². The Morgan fingerprint density at radius 1 is 0.971 bits per heavy atom. The van der Waals surface area contributed by atoms with Crippen LogP contribution < -0.4 is 5.32 Å². The zero-order valence-electron chi connectivity index (χ0n) is 17.7. The largest absolute Gasteiger partial charge is 0.506 e. The van der Waals surface area contributed by atoms with Crippen molar-refractivity contribution in [2.75, 3.05) is 13.1 Å². The molecule has 0 fully saturated rings. The Balaban J connectivity index is 1.73. The van der Waals surface area contributed by atoms with Crippen molar-refractivity contribution in [1.82, 2.24) is 10.2 Å². The Morgan fingerprint density at radius 2 is 1.65 bits per heavy atom. The summed E-state index contributed by atoms with van der Waals surface area (Å²) in [6.07, 6.45) is 0. The molecule has 1 aliphatic carbocycles. The maximum atomic E-state index is 13.8. The van der Waals surface area contributed by atoms with Crippen LogP contribution >= 0.6 is 23.2 Å². The monoisotopic (exact) mass is 492 g/mol. The Kier molecular flexibility index (Phi) is 4.58. The number of rotatable bonds is 1. The van der Waals surface area contributed by atoms with E-state index in [4.69, 9.17) is 23.2 Å². The van der Waals surface area contributed by atoms with E-state index in [9.17, 15) is 19.8 Å². The van der Waals surface area contributed by atoms with E-state index in [0.29, 0.717) is 34.5 Å². The summed E-state index contributed by atoms with van der Waals surface area (Å²) in [5.74, 6) is -2.13. The van der Waals surface area contributed by atoms with Crippen LogP contribution in [0.5, 0.6) is 5.75 Å². The van der Waals surface area contributed by atoms with Gasteiger partial charge in [0.1, 0.15) is 5.75 Å². The fourth-order valence-corrected chi connectivity index (χ4v) is 5.97. The number of phenolic OH excluding ortho intramolecular Hbond substituents is 1. The number of amides is 1. The molecular formula is C26H18Cl2N2O4. The normalized spacial score (nSPS) is 23.0. The molecule has 34 heavy (non-hydrogen) atoms. The number of fused-ring (bicyclic) bond motifs is 5. The maximum absolute atomic E-state index is 13.8. The van der Waals surface area contributed by atoms with Gasteiger partial charge in [-0.1, -0.05) is 65.7 Å². The molecule has 3 N–H and O–H groups in total. The van der Waals surface area contributed by atoms with E-state index in [1.54, 1.807) is 36.4 Å². The van der Waals surface area contributed by atoms with Gasteiger partial charge in [0.25, 0.3) is 5.91 Å². The second kappa shape index (κ2) is 7.34. The van der Waals surface area contributed by atoms with Gasteiger partial charge in [0, 0.05) is 51.5 Å². The van der Waals surface area contributed by atoms with Gasteiger partial charge in [-0.3, -0.25) is 9.59 Å². The van der Waals surface area contributed by atoms with Crippen molar-refractivity contribution in [2.24, 2.45) is 0 Å². The summed E-state index contributed by atoms with van der Waals surface area (Å²) in [7, 11) is 0. The molecule has 6 rings (SSSR count). The average molecular weight is 493 g/mol. The quantitative estimate of drug-likeness (QED) is 0.471. The topological polar surface area (TPSA) is 89.9 Å². The second-order valence-corrected chi connectivity index (χ2v) is 9.42. The SMILES string of the molecule is O=C1C2=C(NCCN3C(=O)c4ccccc4C3(O)C2c2cc(Cl)cc(Cl)c2O)c2ccccc21. The number of benzene rings is 3. The smallest absolute Gasteiger partial charge is 0.256 e. The molecule has 2 unspecified atom stereocenters. The molecule has 8 heteroatoms. The fourth-order valence-electron chi connectivity index (χ4n) is 5.46. The molecule has 3 aromatic carbocycles. The van der Waals surface area contributed by atoms with Crippen molar-refractivity contribution >= 4 is 40.6 Å². The number of ketones is 1. The van der Waals surface area contributed by atoms with E-state index in [0.717, 1.165) is 0 Å². The van der Waals surface area contributed by atoms with Crippen molar-refractivity contribution in [3.05, 3.63) is 104 Å². The number of aromatic hydroxyl groups is 1. The van der Waals surface area contributed by atoms with E-state index in [1.807, 2.05) is 12.1 Å². The van der Waals surface area contributed by atoms with E-state index in [-0.39, 0.29) is 45.2 Å². The highest BCUT2D eigenvalue weighted by Crippen LogP contribution is 2.56. The van der Waals surface area contributed by atoms with Crippen LogP contribution in [0.4, 0.5) is 0 Å². The first-order valence-electron chi connectivity index (χ1n) is 10.8. The standard InChI is InChI=1S/C26H18Cl2N2O4/c27-13-11-17(23(31)19(28)12-13)21-20-22(14-5-1-2-6-15(14)24(20)32)29-9-10-30-25(33)16-7-3-4-8-18(16)26(21,30)34/h1-8,11-12,21,29,31,34H,9-10H2. The van der Waals surface area contributed by atoms with E-state index in [1.165, 1.54) is 17.0 Å². The van der Waals surface area contributed by atoms with Crippen molar-refractivity contribution in [2.45, 2.75) is 11.6 Å². The molecule has 0 aromatic heterocycles. The molecule has 6 nitrogen and oxygen atoms in total. The van der Waals surface area contributed by atoms with Gasteiger partial charge < -0.3 is 20.4 Å². The maximum Gasteiger partial charge on any atom is 0.256 e. The number of nitrogens with zero attached hydrogens (tertiary/aromatic N) is 1. The molecule has 1 amide bonds. The van der Waals surface area contributed by atoms with Crippen LogP contribution in [0.2, 0.25) is 10.0 Å². The lowest BCUT2D eigenvalue weighted by molar-refractivity contribution is -0.0972. The van der Waals surface area contributed by atoms with E-state index in [2.05, 4.69) is 5.32 Å². The highest BCUT2D eigenvalue weighted by molar-refractivity contribution is 6.35. The minimum Gasteiger partial charge on any atom is -0.506 e. The summed E-state index contributed by atoms with van der Waals surface area (Å²) in [5, 5.41) is 27.1. The summed E-state index contributed by atoms with van der Waals surface area (Å²) in [5.41, 5.74) is 0.888. The van der Waals surface area contributed by atoms with E-state index < -0.39 is 11.6 Å². The molecule has 3 aliphatic rings. The summed E-state index contributed by atoms with van der Waals surface area (Å²) >= 11 is 12.6. The summed E-state index contributed by atoms with van der Waals surface area (Å²) in [6, 6.07) is 16.8. The predicted molar refractivity (Wildman–Crippen MR) is 128 cm³/mol. The number of carbonyl (C=O) groups is 2. The van der Waals surface area contributed by atoms with Gasteiger partial charge in [0.05, 0.1) is 16.6 Å². The minimum atomic E-state index is -1.96. The Bertz CT molecular complexity index is 1450. The molecule has 0 saturated heterocycles. The van der Waals surface area contributed by atoms with Gasteiger partial charge in [-0.2, -0.15) is 0 Å². The number of carbonyl (C=O) groups excluding carboxylic acids is 2. The van der Waals surface area contributed by atoms with Gasteiger partial charge in [0.15, 0.2) is 11.5 Å². The first-order chi connectivity index (χ1) is 16.3. The Morgan fingerprint density at radius 3 is 2.41 bits per heavy atom. The molecule has 170 valence electrons. The fraction of sp³-hybridized carbons (Fsp3) is 0.154. The number of hydrogen-bond donors (Lipinski definition) is 3. The molecular weight excluding hydrogens is 475 g/mol. The Labute approximate surface area is 205 Å². The van der Waals surface area contributed by atoms with Crippen molar-refractivity contribution in [3.8, 4) is 5.75 Å². The van der Waals surface area contributed by atoms with Crippen LogP contribution in [0.25, 0.3) is 5.70 Å². The second-order valence-electron chi connectivity index (χ2n) is 8.58. The molecule has 2 atom stereocenters. The molecule has 0 saturated carbocycles. The van der Waals surface area contributed by atoms with Crippen LogP contribution in [-0.4, -0.2) is 39.9 Å². The average Bonchev–Trinajstić information content (AvgIpc) is 3.21. The third-order valence-electron chi connectivity index (χ3n) is 6.86. The minimum absolute atomic E-state index is 0.0182. The number of Topliss-reactive ketones (excluding diaryl/α,β-unsaturated/α-hetero) is 1. The number of halogens is 2. The lowest BCUT2D eigenvalue weighted by Crippen LogP contribution is -2.52.